The summed E-state index contributed by atoms with van der Waals surface area (Å²) in [5.41, 5.74) is 6.17. The highest BCUT2D eigenvalue weighted by Crippen LogP contribution is 2.35. The number of rotatable bonds is 1. The third kappa shape index (κ3) is 1.82. The van der Waals surface area contributed by atoms with Crippen LogP contribution >= 0.6 is 15.9 Å². The largest absolute Gasteiger partial charge is 0.383 e. The van der Waals surface area contributed by atoms with Crippen LogP contribution in [0.2, 0.25) is 0 Å². The maximum absolute atomic E-state index is 14.0. The number of benzene rings is 1. The third-order valence-electron chi connectivity index (χ3n) is 2.59. The Morgan fingerprint density at radius 1 is 1.35 bits per heavy atom. The monoisotopic (exact) mass is 301 g/mol. The molecule has 0 unspecified atom stereocenters. The Morgan fingerprint density at radius 3 is 2.53 bits per heavy atom. The van der Waals surface area contributed by atoms with Gasteiger partial charge < -0.3 is 5.73 Å². The Hall–Kier alpha value is -1.43. The van der Waals surface area contributed by atoms with Crippen LogP contribution in [0.15, 0.2) is 16.7 Å². The zero-order valence-electron chi connectivity index (χ0n) is 9.26. The first-order valence-corrected chi connectivity index (χ1v) is 5.64. The first-order valence-electron chi connectivity index (χ1n) is 4.85. The summed E-state index contributed by atoms with van der Waals surface area (Å²) in [5, 5.41) is 3.88. The van der Waals surface area contributed by atoms with Gasteiger partial charge >= 0.3 is 0 Å². The summed E-state index contributed by atoms with van der Waals surface area (Å²) in [4.78, 5) is 0. The lowest BCUT2D eigenvalue weighted by Gasteiger charge is -2.08. The van der Waals surface area contributed by atoms with Crippen LogP contribution in [0.1, 0.15) is 5.56 Å². The molecule has 0 aliphatic carbocycles. The molecule has 0 aliphatic heterocycles. The Balaban J connectivity index is 2.79. The van der Waals surface area contributed by atoms with Gasteiger partial charge in [0.25, 0.3) is 0 Å². The molecule has 0 bridgehead atoms. The molecule has 2 rings (SSSR count). The lowest BCUT2D eigenvalue weighted by molar-refractivity contribution is 0.579. The van der Waals surface area contributed by atoms with Crippen molar-refractivity contribution in [1.29, 1.82) is 0 Å². The molecule has 0 fully saturated rings. The van der Waals surface area contributed by atoms with Crippen molar-refractivity contribution >= 4 is 21.7 Å². The standard InChI is InChI=1S/C11H10BrF2N3/c1-5-3-7(12)10(14)8(9(5)13)6-4-16-17(2)11(6)15/h3-4H,15H2,1-2H3. The number of nitrogens with zero attached hydrogens (tertiary/aromatic N) is 2. The fraction of sp³-hybridized carbons (Fsp3) is 0.182. The predicted molar refractivity (Wildman–Crippen MR) is 65.4 cm³/mol. The van der Waals surface area contributed by atoms with E-state index in [1.807, 2.05) is 0 Å². The van der Waals surface area contributed by atoms with Gasteiger partial charge in [0.05, 0.1) is 16.2 Å². The van der Waals surface area contributed by atoms with Crippen molar-refractivity contribution in [2.75, 3.05) is 5.73 Å². The second-order valence-corrected chi connectivity index (χ2v) is 4.60. The fourth-order valence-electron chi connectivity index (χ4n) is 1.61. The zero-order valence-corrected chi connectivity index (χ0v) is 10.8. The van der Waals surface area contributed by atoms with Crippen molar-refractivity contribution in [3.05, 3.63) is 33.9 Å². The highest BCUT2D eigenvalue weighted by Gasteiger charge is 2.20. The van der Waals surface area contributed by atoms with Crippen molar-refractivity contribution in [2.45, 2.75) is 6.92 Å². The first kappa shape index (κ1) is 12.0. The molecule has 17 heavy (non-hydrogen) atoms. The molecule has 0 saturated heterocycles. The minimum absolute atomic E-state index is 0.150. The summed E-state index contributed by atoms with van der Waals surface area (Å²) in [6.45, 7) is 1.57. The average molecular weight is 302 g/mol. The summed E-state index contributed by atoms with van der Waals surface area (Å²) in [6, 6.07) is 1.39. The molecule has 0 aliphatic rings. The minimum atomic E-state index is -0.673. The molecule has 1 aromatic heterocycles. The van der Waals surface area contributed by atoms with E-state index in [0.29, 0.717) is 5.56 Å². The number of nitrogen functional groups attached to an aromatic ring is 1. The van der Waals surface area contributed by atoms with Gasteiger partial charge in [0, 0.05) is 12.6 Å². The Kier molecular flexibility index (Phi) is 2.91. The zero-order chi connectivity index (χ0) is 12.7. The van der Waals surface area contributed by atoms with Gasteiger partial charge in [-0.2, -0.15) is 5.10 Å². The van der Waals surface area contributed by atoms with Gasteiger partial charge in [-0.05, 0) is 34.5 Å². The number of nitrogens with two attached hydrogens (primary N) is 1. The Labute approximate surface area is 105 Å². The molecule has 1 aromatic carbocycles. The molecular formula is C11H10BrF2N3. The highest BCUT2D eigenvalue weighted by molar-refractivity contribution is 9.10. The van der Waals surface area contributed by atoms with Gasteiger partial charge in [-0.25, -0.2) is 8.78 Å². The third-order valence-corrected chi connectivity index (χ3v) is 3.17. The van der Waals surface area contributed by atoms with Gasteiger partial charge in [0.15, 0.2) is 0 Å². The SMILES string of the molecule is Cc1cc(Br)c(F)c(-c2cnn(C)c2N)c1F. The topological polar surface area (TPSA) is 43.8 Å². The number of anilines is 1. The van der Waals surface area contributed by atoms with Gasteiger partial charge in [-0.15, -0.1) is 0 Å². The highest BCUT2D eigenvalue weighted by atomic mass is 79.9. The van der Waals surface area contributed by atoms with E-state index in [4.69, 9.17) is 5.73 Å². The maximum atomic E-state index is 14.0. The molecule has 90 valence electrons. The van der Waals surface area contributed by atoms with E-state index in [1.165, 1.54) is 16.9 Å². The lowest BCUT2D eigenvalue weighted by atomic mass is 10.0. The molecule has 2 aromatic rings. The summed E-state index contributed by atoms with van der Waals surface area (Å²) in [6.07, 6.45) is 1.35. The van der Waals surface area contributed by atoms with Crippen LogP contribution in [-0.4, -0.2) is 9.78 Å². The quantitative estimate of drug-likeness (QED) is 0.823. The van der Waals surface area contributed by atoms with E-state index in [1.54, 1.807) is 14.0 Å². The van der Waals surface area contributed by atoms with Crippen molar-refractivity contribution in [1.82, 2.24) is 9.78 Å². The Morgan fingerprint density at radius 2 is 2.00 bits per heavy atom. The molecule has 0 amide bonds. The molecule has 0 radical (unpaired) electrons. The number of hydrogen-bond donors (Lipinski definition) is 1. The summed E-state index contributed by atoms with van der Waals surface area (Å²) >= 11 is 3.05. The van der Waals surface area contributed by atoms with Crippen LogP contribution < -0.4 is 5.73 Å². The van der Waals surface area contributed by atoms with Gasteiger partial charge in [0.1, 0.15) is 17.5 Å². The van der Waals surface area contributed by atoms with E-state index < -0.39 is 11.6 Å². The van der Waals surface area contributed by atoms with Gasteiger partial charge in [-0.1, -0.05) is 0 Å². The number of hydrogen-bond acceptors (Lipinski definition) is 2. The molecular weight excluding hydrogens is 292 g/mol. The Bertz CT molecular complexity index is 567. The van der Waals surface area contributed by atoms with Crippen molar-refractivity contribution < 1.29 is 8.78 Å². The number of halogens is 3. The van der Waals surface area contributed by atoms with E-state index in [9.17, 15) is 8.78 Å². The second-order valence-electron chi connectivity index (χ2n) is 3.75. The van der Waals surface area contributed by atoms with Crippen LogP contribution in [0, 0.1) is 18.6 Å². The number of aryl methyl sites for hydroxylation is 2. The first-order chi connectivity index (χ1) is 7.93. The second kappa shape index (κ2) is 4.10. The van der Waals surface area contributed by atoms with Crippen LogP contribution in [-0.2, 0) is 7.05 Å². The van der Waals surface area contributed by atoms with Crippen LogP contribution in [0.3, 0.4) is 0 Å². The van der Waals surface area contributed by atoms with Gasteiger partial charge in [-0.3, -0.25) is 4.68 Å². The molecule has 0 atom stereocenters. The minimum Gasteiger partial charge on any atom is -0.383 e. The van der Waals surface area contributed by atoms with Crippen LogP contribution in [0.4, 0.5) is 14.6 Å². The van der Waals surface area contributed by atoms with E-state index >= 15 is 0 Å². The molecule has 3 nitrogen and oxygen atoms in total. The molecule has 2 N–H and O–H groups in total. The van der Waals surface area contributed by atoms with E-state index in [0.717, 1.165) is 0 Å². The normalized spacial score (nSPS) is 10.9. The van der Waals surface area contributed by atoms with Crippen LogP contribution in [0.5, 0.6) is 0 Å². The summed E-state index contributed by atoms with van der Waals surface area (Å²) in [5.74, 6) is -1.07. The van der Waals surface area contributed by atoms with Gasteiger partial charge in [0.2, 0.25) is 0 Å². The van der Waals surface area contributed by atoms with Crippen molar-refractivity contribution in [2.24, 2.45) is 7.05 Å². The summed E-state index contributed by atoms with van der Waals surface area (Å²) < 4.78 is 29.5. The smallest absolute Gasteiger partial charge is 0.148 e. The molecule has 0 spiro atoms. The predicted octanol–water partition coefficient (Wildman–Crippen LogP) is 3.02. The molecule has 6 heteroatoms. The maximum Gasteiger partial charge on any atom is 0.148 e. The van der Waals surface area contributed by atoms with Crippen LogP contribution in [0.25, 0.3) is 11.1 Å². The van der Waals surface area contributed by atoms with E-state index in [-0.39, 0.29) is 21.4 Å². The van der Waals surface area contributed by atoms with Crippen molar-refractivity contribution in [3.63, 3.8) is 0 Å². The fourth-order valence-corrected chi connectivity index (χ4v) is 2.15. The summed E-state index contributed by atoms with van der Waals surface area (Å²) in [7, 11) is 1.61. The molecule has 1 heterocycles. The average Bonchev–Trinajstić information content (AvgIpc) is 2.59. The van der Waals surface area contributed by atoms with E-state index in [2.05, 4.69) is 21.0 Å². The van der Waals surface area contributed by atoms with Crippen molar-refractivity contribution in [3.8, 4) is 11.1 Å². The molecule has 0 saturated carbocycles. The number of aromatic nitrogens is 2. The lowest BCUT2D eigenvalue weighted by Crippen LogP contribution is -2.00.